The molecule has 0 saturated carbocycles. The number of nitrogens with zero attached hydrogens (tertiary/aromatic N) is 1. The van der Waals surface area contributed by atoms with Crippen molar-refractivity contribution >= 4 is 10.0 Å². The molecule has 1 unspecified atom stereocenters. The molecule has 1 saturated heterocycles. The van der Waals surface area contributed by atoms with Crippen LogP contribution < -0.4 is 0 Å². The van der Waals surface area contributed by atoms with E-state index in [2.05, 4.69) is 0 Å². The minimum atomic E-state index is -3.38. The maximum Gasteiger partial charge on any atom is 0.219 e. The molecule has 0 bridgehead atoms. The van der Waals surface area contributed by atoms with Gasteiger partial charge < -0.3 is 4.74 Å². The van der Waals surface area contributed by atoms with Gasteiger partial charge in [0.1, 0.15) is 0 Å². The fraction of sp³-hybridized carbons (Fsp3) is 0.294. The van der Waals surface area contributed by atoms with Crippen LogP contribution in [0.1, 0.15) is 17.2 Å². The van der Waals surface area contributed by atoms with E-state index in [0.29, 0.717) is 19.8 Å². The van der Waals surface area contributed by atoms with E-state index in [9.17, 15) is 8.42 Å². The van der Waals surface area contributed by atoms with E-state index < -0.39 is 10.0 Å². The van der Waals surface area contributed by atoms with E-state index in [4.69, 9.17) is 4.74 Å². The highest BCUT2D eigenvalue weighted by atomic mass is 32.2. The van der Waals surface area contributed by atoms with Crippen LogP contribution in [0.2, 0.25) is 0 Å². The first-order chi connectivity index (χ1) is 10.7. The van der Waals surface area contributed by atoms with Crippen molar-refractivity contribution in [3.63, 3.8) is 0 Å². The first-order valence-electron chi connectivity index (χ1n) is 7.33. The van der Waals surface area contributed by atoms with Crippen molar-refractivity contribution in [2.45, 2.75) is 11.8 Å². The number of sulfonamides is 1. The molecule has 1 aliphatic rings. The topological polar surface area (TPSA) is 46.6 Å². The second-order valence-electron chi connectivity index (χ2n) is 5.35. The van der Waals surface area contributed by atoms with E-state index >= 15 is 0 Å². The lowest BCUT2D eigenvalue weighted by Crippen LogP contribution is -2.43. The molecule has 2 aromatic carbocycles. The molecule has 0 N–H and O–H groups in total. The number of ether oxygens (including phenoxy) is 1. The molecule has 0 aliphatic carbocycles. The number of hydrogen-bond donors (Lipinski definition) is 0. The average Bonchev–Trinajstić information content (AvgIpc) is 2.56. The molecule has 3 rings (SSSR count). The van der Waals surface area contributed by atoms with Crippen LogP contribution in [0.4, 0.5) is 0 Å². The Balaban J connectivity index is 1.87. The lowest BCUT2D eigenvalue weighted by Gasteiger charge is -2.34. The van der Waals surface area contributed by atoms with Crippen molar-refractivity contribution < 1.29 is 13.2 Å². The lowest BCUT2D eigenvalue weighted by molar-refractivity contribution is 0.0320. The smallest absolute Gasteiger partial charge is 0.219 e. The van der Waals surface area contributed by atoms with Gasteiger partial charge in [-0.15, -0.1) is 0 Å². The molecule has 0 amide bonds. The predicted molar refractivity (Wildman–Crippen MR) is 85.8 cm³/mol. The van der Waals surface area contributed by atoms with Crippen LogP contribution in [0.3, 0.4) is 0 Å². The molecule has 116 valence electrons. The van der Waals surface area contributed by atoms with Gasteiger partial charge in [-0.1, -0.05) is 60.7 Å². The molecule has 0 radical (unpaired) electrons. The summed E-state index contributed by atoms with van der Waals surface area (Å²) in [6, 6.07) is 18.7. The van der Waals surface area contributed by atoms with Gasteiger partial charge in [-0.3, -0.25) is 0 Å². The van der Waals surface area contributed by atoms with Crippen LogP contribution in [0, 0.1) is 0 Å². The van der Waals surface area contributed by atoms with Crippen LogP contribution in [0.15, 0.2) is 60.7 Å². The standard InChI is InChI=1S/C17H19NO3S/c19-22(20,14-15-7-3-1-4-8-15)18-11-12-21-13-17(18)16-9-5-2-6-10-16/h1-10,17H,11-14H2. The van der Waals surface area contributed by atoms with Crippen LogP contribution in [-0.2, 0) is 20.5 Å². The summed E-state index contributed by atoms with van der Waals surface area (Å²) in [6.45, 7) is 1.24. The highest BCUT2D eigenvalue weighted by molar-refractivity contribution is 7.88. The van der Waals surface area contributed by atoms with Gasteiger partial charge in [0.2, 0.25) is 10.0 Å². The van der Waals surface area contributed by atoms with Gasteiger partial charge >= 0.3 is 0 Å². The van der Waals surface area contributed by atoms with Crippen LogP contribution in [-0.4, -0.2) is 32.5 Å². The van der Waals surface area contributed by atoms with Crippen molar-refractivity contribution in [2.75, 3.05) is 19.8 Å². The number of morpholine rings is 1. The van der Waals surface area contributed by atoms with E-state index in [1.807, 2.05) is 60.7 Å². The van der Waals surface area contributed by atoms with Crippen molar-refractivity contribution in [1.82, 2.24) is 4.31 Å². The quantitative estimate of drug-likeness (QED) is 0.871. The zero-order valence-corrected chi connectivity index (χ0v) is 13.1. The van der Waals surface area contributed by atoms with Gasteiger partial charge in [0.05, 0.1) is 25.0 Å². The molecule has 1 aliphatic heterocycles. The van der Waals surface area contributed by atoms with E-state index in [0.717, 1.165) is 11.1 Å². The minimum absolute atomic E-state index is 0.0250. The average molecular weight is 317 g/mol. The Morgan fingerprint density at radius 1 is 1.00 bits per heavy atom. The second-order valence-corrected chi connectivity index (χ2v) is 7.28. The largest absolute Gasteiger partial charge is 0.378 e. The molecule has 2 aromatic rings. The summed E-state index contributed by atoms with van der Waals surface area (Å²) in [7, 11) is -3.38. The maximum absolute atomic E-state index is 12.8. The number of rotatable bonds is 4. The third-order valence-electron chi connectivity index (χ3n) is 3.81. The molecule has 22 heavy (non-hydrogen) atoms. The van der Waals surface area contributed by atoms with Gasteiger partial charge in [0.15, 0.2) is 0 Å². The maximum atomic E-state index is 12.8. The molecule has 0 spiro atoms. The first kappa shape index (κ1) is 15.2. The Morgan fingerprint density at radius 3 is 2.32 bits per heavy atom. The molecule has 1 fully saturated rings. The molecule has 1 heterocycles. The van der Waals surface area contributed by atoms with Gasteiger partial charge in [-0.05, 0) is 11.1 Å². The summed E-state index contributed by atoms with van der Waals surface area (Å²) in [5.74, 6) is 0.0250. The van der Waals surface area contributed by atoms with Crippen LogP contribution >= 0.6 is 0 Å². The fourth-order valence-electron chi connectivity index (χ4n) is 2.73. The minimum Gasteiger partial charge on any atom is -0.378 e. The first-order valence-corrected chi connectivity index (χ1v) is 8.94. The summed E-state index contributed by atoms with van der Waals surface area (Å²) >= 11 is 0. The van der Waals surface area contributed by atoms with Crippen molar-refractivity contribution in [2.24, 2.45) is 0 Å². The Kier molecular flexibility index (Phi) is 4.57. The summed E-state index contributed by atoms with van der Waals surface area (Å²) < 4.78 is 32.7. The monoisotopic (exact) mass is 317 g/mol. The summed E-state index contributed by atoms with van der Waals surface area (Å²) in [4.78, 5) is 0. The molecule has 4 nitrogen and oxygen atoms in total. The molecular weight excluding hydrogens is 298 g/mol. The van der Waals surface area contributed by atoms with Crippen LogP contribution in [0.5, 0.6) is 0 Å². The summed E-state index contributed by atoms with van der Waals surface area (Å²) in [6.07, 6.45) is 0. The zero-order chi connectivity index (χ0) is 15.4. The van der Waals surface area contributed by atoms with E-state index in [1.165, 1.54) is 0 Å². The van der Waals surface area contributed by atoms with Crippen molar-refractivity contribution in [3.05, 3.63) is 71.8 Å². The van der Waals surface area contributed by atoms with Gasteiger partial charge in [0.25, 0.3) is 0 Å². The number of hydrogen-bond acceptors (Lipinski definition) is 3. The molecule has 5 heteroatoms. The SMILES string of the molecule is O=S(=O)(Cc1ccccc1)N1CCOCC1c1ccccc1. The van der Waals surface area contributed by atoms with Crippen LogP contribution in [0.25, 0.3) is 0 Å². The Morgan fingerprint density at radius 2 is 1.64 bits per heavy atom. The molecular formula is C17H19NO3S. The Hall–Kier alpha value is -1.69. The van der Waals surface area contributed by atoms with E-state index in [-0.39, 0.29) is 11.8 Å². The molecule has 0 aromatic heterocycles. The summed E-state index contributed by atoms with van der Waals surface area (Å²) in [5.41, 5.74) is 1.78. The highest BCUT2D eigenvalue weighted by Gasteiger charge is 2.33. The van der Waals surface area contributed by atoms with Crippen molar-refractivity contribution in [3.8, 4) is 0 Å². The van der Waals surface area contributed by atoms with Gasteiger partial charge in [-0.2, -0.15) is 4.31 Å². The fourth-order valence-corrected chi connectivity index (χ4v) is 4.43. The zero-order valence-electron chi connectivity index (χ0n) is 12.3. The third-order valence-corrected chi connectivity index (χ3v) is 5.66. The van der Waals surface area contributed by atoms with Gasteiger partial charge in [0, 0.05) is 6.54 Å². The Labute approximate surface area is 131 Å². The third kappa shape index (κ3) is 3.38. The second kappa shape index (κ2) is 6.60. The summed E-state index contributed by atoms with van der Waals surface area (Å²) in [5, 5.41) is 0. The van der Waals surface area contributed by atoms with E-state index in [1.54, 1.807) is 4.31 Å². The molecule has 1 atom stereocenters. The van der Waals surface area contributed by atoms with Gasteiger partial charge in [-0.25, -0.2) is 8.42 Å². The number of benzene rings is 2. The predicted octanol–water partition coefficient (Wildman–Crippen LogP) is 2.59. The normalized spacial score (nSPS) is 19.9. The Bertz CT molecular complexity index is 701. The highest BCUT2D eigenvalue weighted by Crippen LogP contribution is 2.28. The van der Waals surface area contributed by atoms with Crippen molar-refractivity contribution in [1.29, 1.82) is 0 Å². The lowest BCUT2D eigenvalue weighted by atomic mass is 10.1.